The SMILES string of the molecule is O=C1c2cc(N3CCN(CCC(c4ccccc4)c4ccccc4)CC3)ccc2CN1CC1CCCC1. The topological polar surface area (TPSA) is 26.8 Å². The second-order valence-corrected chi connectivity index (χ2v) is 11.2. The number of nitrogens with zero attached hydrogens (tertiary/aromatic N) is 3. The Bertz CT molecular complexity index is 1140. The predicted molar refractivity (Wildman–Crippen MR) is 151 cm³/mol. The van der Waals surface area contributed by atoms with Gasteiger partial charge in [0.25, 0.3) is 5.91 Å². The minimum Gasteiger partial charge on any atom is -0.369 e. The summed E-state index contributed by atoms with van der Waals surface area (Å²) in [6.45, 7) is 6.99. The first-order valence-corrected chi connectivity index (χ1v) is 14.2. The number of benzene rings is 3. The molecule has 37 heavy (non-hydrogen) atoms. The lowest BCUT2D eigenvalue weighted by molar-refractivity contribution is 0.0753. The highest BCUT2D eigenvalue weighted by Gasteiger charge is 2.31. The molecule has 1 saturated carbocycles. The number of carbonyl (C=O) groups is 1. The Kier molecular flexibility index (Phi) is 7.27. The van der Waals surface area contributed by atoms with Crippen molar-refractivity contribution in [3.05, 3.63) is 101 Å². The van der Waals surface area contributed by atoms with Crippen LogP contribution in [0.1, 0.15) is 65.1 Å². The summed E-state index contributed by atoms with van der Waals surface area (Å²) >= 11 is 0. The molecule has 4 heteroatoms. The van der Waals surface area contributed by atoms with E-state index in [-0.39, 0.29) is 5.91 Å². The Morgan fingerprint density at radius 3 is 2.08 bits per heavy atom. The van der Waals surface area contributed by atoms with Gasteiger partial charge in [0.05, 0.1) is 0 Å². The number of fused-ring (bicyclic) bond motifs is 1. The number of amides is 1. The van der Waals surface area contributed by atoms with Gasteiger partial charge in [-0.05, 0) is 60.5 Å². The molecule has 2 heterocycles. The summed E-state index contributed by atoms with van der Waals surface area (Å²) in [6, 6.07) is 28.5. The largest absolute Gasteiger partial charge is 0.369 e. The van der Waals surface area contributed by atoms with Crippen LogP contribution in [0, 0.1) is 5.92 Å². The van der Waals surface area contributed by atoms with Crippen molar-refractivity contribution < 1.29 is 4.79 Å². The van der Waals surface area contributed by atoms with Crippen LogP contribution in [0.25, 0.3) is 0 Å². The molecule has 0 unspecified atom stereocenters. The number of hydrogen-bond acceptors (Lipinski definition) is 3. The highest BCUT2D eigenvalue weighted by Crippen LogP contribution is 2.32. The van der Waals surface area contributed by atoms with Gasteiger partial charge in [0.2, 0.25) is 0 Å². The van der Waals surface area contributed by atoms with Gasteiger partial charge in [-0.15, -0.1) is 0 Å². The van der Waals surface area contributed by atoms with E-state index in [2.05, 4.69) is 93.6 Å². The first-order chi connectivity index (χ1) is 18.2. The van der Waals surface area contributed by atoms with Crippen LogP contribution >= 0.6 is 0 Å². The van der Waals surface area contributed by atoms with Gasteiger partial charge in [-0.3, -0.25) is 9.69 Å². The van der Waals surface area contributed by atoms with Gasteiger partial charge in [0.15, 0.2) is 0 Å². The van der Waals surface area contributed by atoms with Crippen LogP contribution in [0.2, 0.25) is 0 Å². The Labute approximate surface area is 221 Å². The Balaban J connectivity index is 1.05. The lowest BCUT2D eigenvalue weighted by atomic mass is 9.88. The molecule has 0 aromatic heterocycles. The molecular formula is C33H39N3O. The average molecular weight is 494 g/mol. The molecule has 2 aliphatic heterocycles. The molecule has 1 amide bonds. The van der Waals surface area contributed by atoms with Gasteiger partial charge < -0.3 is 9.80 Å². The van der Waals surface area contributed by atoms with Gasteiger partial charge in [-0.1, -0.05) is 79.6 Å². The van der Waals surface area contributed by atoms with Crippen LogP contribution in [0.3, 0.4) is 0 Å². The van der Waals surface area contributed by atoms with E-state index in [4.69, 9.17) is 0 Å². The fourth-order valence-corrected chi connectivity index (χ4v) is 6.64. The van der Waals surface area contributed by atoms with Crippen LogP contribution in [-0.4, -0.2) is 55.0 Å². The molecule has 0 N–H and O–H groups in total. The first-order valence-electron chi connectivity index (χ1n) is 14.2. The monoisotopic (exact) mass is 493 g/mol. The van der Waals surface area contributed by atoms with E-state index >= 15 is 0 Å². The van der Waals surface area contributed by atoms with Crippen LogP contribution in [0.15, 0.2) is 78.9 Å². The van der Waals surface area contributed by atoms with Crippen LogP contribution < -0.4 is 4.90 Å². The highest BCUT2D eigenvalue weighted by molar-refractivity contribution is 5.99. The summed E-state index contributed by atoms with van der Waals surface area (Å²) < 4.78 is 0. The summed E-state index contributed by atoms with van der Waals surface area (Å²) in [5.74, 6) is 1.37. The summed E-state index contributed by atoms with van der Waals surface area (Å²) in [6.07, 6.45) is 6.35. The third kappa shape index (κ3) is 5.45. The fraction of sp³-hybridized carbons (Fsp3) is 0.424. The zero-order valence-electron chi connectivity index (χ0n) is 21.9. The van der Waals surface area contributed by atoms with Crippen molar-refractivity contribution in [3.63, 3.8) is 0 Å². The van der Waals surface area contributed by atoms with Crippen molar-refractivity contribution in [3.8, 4) is 0 Å². The molecule has 0 spiro atoms. The number of carbonyl (C=O) groups excluding carboxylic acids is 1. The standard InChI is InChI=1S/C33H39N3O/c37-33-32-23-30(16-15-29(32)25-36(33)24-26-9-7-8-10-26)35-21-19-34(20-22-35)18-17-31(27-11-3-1-4-12-27)28-13-5-2-6-14-28/h1-6,11-16,23,26,31H,7-10,17-22,24-25H2. The lowest BCUT2D eigenvalue weighted by Crippen LogP contribution is -2.46. The van der Waals surface area contributed by atoms with E-state index in [1.807, 2.05) is 0 Å². The maximum atomic E-state index is 13.2. The van der Waals surface area contributed by atoms with Crippen molar-refractivity contribution in [2.75, 3.05) is 44.2 Å². The van der Waals surface area contributed by atoms with Crippen molar-refractivity contribution in [2.45, 2.75) is 44.6 Å². The maximum Gasteiger partial charge on any atom is 0.254 e. The molecule has 3 aromatic carbocycles. The van der Waals surface area contributed by atoms with E-state index in [1.54, 1.807) is 0 Å². The average Bonchev–Trinajstić information content (AvgIpc) is 3.58. The Morgan fingerprint density at radius 2 is 1.43 bits per heavy atom. The Hall–Kier alpha value is -3.11. The van der Waals surface area contributed by atoms with Crippen molar-refractivity contribution >= 4 is 11.6 Å². The summed E-state index contributed by atoms with van der Waals surface area (Å²) in [5, 5.41) is 0. The third-order valence-corrected chi connectivity index (χ3v) is 8.80. The molecule has 3 aliphatic rings. The summed E-state index contributed by atoms with van der Waals surface area (Å²) in [5.41, 5.74) is 6.15. The number of hydrogen-bond donors (Lipinski definition) is 0. The van der Waals surface area contributed by atoms with E-state index < -0.39 is 0 Å². The number of rotatable bonds is 8. The van der Waals surface area contributed by atoms with Gasteiger partial charge in [-0.2, -0.15) is 0 Å². The normalized spacial score (nSPS) is 18.7. The first kappa shape index (κ1) is 24.2. The molecule has 4 nitrogen and oxygen atoms in total. The zero-order chi connectivity index (χ0) is 25.0. The van der Waals surface area contributed by atoms with Crippen LogP contribution in [0.5, 0.6) is 0 Å². The molecule has 0 radical (unpaired) electrons. The quantitative estimate of drug-likeness (QED) is 0.375. The molecule has 192 valence electrons. The molecular weight excluding hydrogens is 454 g/mol. The van der Waals surface area contributed by atoms with E-state index in [9.17, 15) is 4.79 Å². The lowest BCUT2D eigenvalue weighted by Gasteiger charge is -2.37. The second-order valence-electron chi connectivity index (χ2n) is 11.2. The zero-order valence-corrected chi connectivity index (χ0v) is 21.9. The molecule has 0 atom stereocenters. The van der Waals surface area contributed by atoms with E-state index in [0.717, 1.165) is 57.8 Å². The minimum atomic E-state index is 0.246. The molecule has 2 fully saturated rings. The van der Waals surface area contributed by atoms with Crippen molar-refractivity contribution in [1.82, 2.24) is 9.80 Å². The van der Waals surface area contributed by atoms with E-state index in [1.165, 1.54) is 48.1 Å². The third-order valence-electron chi connectivity index (χ3n) is 8.80. The van der Waals surface area contributed by atoms with Gasteiger partial charge in [-0.25, -0.2) is 0 Å². The fourth-order valence-electron chi connectivity index (χ4n) is 6.64. The summed E-state index contributed by atoms with van der Waals surface area (Å²) in [7, 11) is 0. The molecule has 6 rings (SSSR count). The Morgan fingerprint density at radius 1 is 0.784 bits per heavy atom. The second kappa shape index (κ2) is 11.1. The van der Waals surface area contributed by atoms with Crippen molar-refractivity contribution in [1.29, 1.82) is 0 Å². The van der Waals surface area contributed by atoms with E-state index in [0.29, 0.717) is 11.8 Å². The smallest absolute Gasteiger partial charge is 0.254 e. The number of piperazine rings is 1. The predicted octanol–water partition coefficient (Wildman–Crippen LogP) is 6.18. The summed E-state index contributed by atoms with van der Waals surface area (Å²) in [4.78, 5) is 20.3. The molecule has 0 bridgehead atoms. The van der Waals surface area contributed by atoms with Crippen LogP contribution in [-0.2, 0) is 6.54 Å². The van der Waals surface area contributed by atoms with Gasteiger partial charge >= 0.3 is 0 Å². The minimum absolute atomic E-state index is 0.246. The molecule has 3 aromatic rings. The van der Waals surface area contributed by atoms with Crippen molar-refractivity contribution in [2.24, 2.45) is 5.92 Å². The number of anilines is 1. The van der Waals surface area contributed by atoms with Gasteiger partial charge in [0, 0.05) is 56.4 Å². The maximum absolute atomic E-state index is 13.2. The van der Waals surface area contributed by atoms with Crippen LogP contribution in [0.4, 0.5) is 5.69 Å². The van der Waals surface area contributed by atoms with Gasteiger partial charge in [0.1, 0.15) is 0 Å². The molecule has 1 aliphatic carbocycles. The highest BCUT2D eigenvalue weighted by atomic mass is 16.2. The molecule has 1 saturated heterocycles.